The molecule has 0 aromatic carbocycles. The summed E-state index contributed by atoms with van der Waals surface area (Å²) < 4.78 is 0. The quantitative estimate of drug-likeness (QED) is 0.586. The summed E-state index contributed by atoms with van der Waals surface area (Å²) in [6, 6.07) is 0. The molecule has 0 amide bonds. The van der Waals surface area contributed by atoms with E-state index in [1.807, 2.05) is 0 Å². The van der Waals surface area contributed by atoms with E-state index in [4.69, 9.17) is 4.99 Å². The van der Waals surface area contributed by atoms with Crippen LogP contribution >= 0.6 is 11.3 Å². The third-order valence-electron chi connectivity index (χ3n) is 4.72. The molecule has 1 aliphatic heterocycles. The molecule has 0 atom stereocenters. The van der Waals surface area contributed by atoms with Crippen LogP contribution in [0.2, 0.25) is 0 Å². The molecule has 2 rings (SSSR count). The van der Waals surface area contributed by atoms with Gasteiger partial charge in [-0.25, -0.2) is 9.98 Å². The van der Waals surface area contributed by atoms with E-state index in [0.29, 0.717) is 6.54 Å². The third kappa shape index (κ3) is 6.06. The molecule has 2 N–H and O–H groups in total. The van der Waals surface area contributed by atoms with Crippen molar-refractivity contribution in [2.45, 2.75) is 53.5 Å². The van der Waals surface area contributed by atoms with Gasteiger partial charge in [-0.3, -0.25) is 0 Å². The lowest BCUT2D eigenvalue weighted by Crippen LogP contribution is -2.39. The summed E-state index contributed by atoms with van der Waals surface area (Å²) in [5, 5.41) is 7.97. The summed E-state index contributed by atoms with van der Waals surface area (Å²) in [6.45, 7) is 14.8. The number of likely N-dealkylation sites (tertiary alicyclic amines) is 1. The van der Waals surface area contributed by atoms with Crippen LogP contribution in [-0.2, 0) is 6.54 Å². The lowest BCUT2D eigenvalue weighted by atomic mass is 9.93. The van der Waals surface area contributed by atoms with Crippen molar-refractivity contribution in [1.82, 2.24) is 20.5 Å². The summed E-state index contributed by atoms with van der Waals surface area (Å²) in [6.07, 6.45) is 3.91. The number of aliphatic imine (C=N–C) groups is 1. The van der Waals surface area contributed by atoms with E-state index in [-0.39, 0.29) is 0 Å². The Morgan fingerprint density at radius 1 is 1.25 bits per heavy atom. The maximum absolute atomic E-state index is 4.72. The second-order valence-electron chi connectivity index (χ2n) is 6.53. The number of aromatic nitrogens is 1. The standard InChI is InChI=1S/C18H33N5S/c1-5-19-18(21-13-17-14(3)22-15(4)24-17)20-10-7-16-8-11-23(6-2)12-9-16/h16H,5-13H2,1-4H3,(H2,19,20,21). The zero-order valence-electron chi connectivity index (χ0n) is 15.7. The van der Waals surface area contributed by atoms with E-state index in [1.165, 1.54) is 43.8 Å². The molecule has 0 spiro atoms. The van der Waals surface area contributed by atoms with Gasteiger partial charge in [-0.2, -0.15) is 0 Å². The van der Waals surface area contributed by atoms with Crippen molar-refractivity contribution in [3.63, 3.8) is 0 Å². The highest BCUT2D eigenvalue weighted by atomic mass is 32.1. The fourth-order valence-electron chi connectivity index (χ4n) is 3.20. The van der Waals surface area contributed by atoms with Crippen LogP contribution in [-0.4, -0.2) is 48.6 Å². The van der Waals surface area contributed by atoms with Crippen LogP contribution in [0, 0.1) is 19.8 Å². The van der Waals surface area contributed by atoms with E-state index < -0.39 is 0 Å². The highest BCUT2D eigenvalue weighted by Gasteiger charge is 2.17. The first kappa shape index (κ1) is 19.2. The Kier molecular flexibility index (Phi) is 7.99. The molecule has 0 unspecified atom stereocenters. The molecule has 0 aliphatic carbocycles. The molecule has 1 aliphatic rings. The van der Waals surface area contributed by atoms with Crippen LogP contribution in [0.5, 0.6) is 0 Å². The highest BCUT2D eigenvalue weighted by molar-refractivity contribution is 7.11. The van der Waals surface area contributed by atoms with Crippen molar-refractivity contribution in [1.29, 1.82) is 0 Å². The zero-order valence-corrected chi connectivity index (χ0v) is 16.5. The molecule has 6 heteroatoms. The predicted molar refractivity (Wildman–Crippen MR) is 104 cm³/mol. The van der Waals surface area contributed by atoms with Crippen LogP contribution in [0.4, 0.5) is 0 Å². The number of nitrogens with one attached hydrogen (secondary N) is 2. The molecule has 0 radical (unpaired) electrons. The number of nitrogens with zero attached hydrogens (tertiary/aromatic N) is 3. The lowest BCUT2D eigenvalue weighted by Gasteiger charge is -2.31. The summed E-state index contributed by atoms with van der Waals surface area (Å²) in [5.41, 5.74) is 1.11. The molecule has 1 saturated heterocycles. The Hall–Kier alpha value is -1.14. The molecule has 5 nitrogen and oxygen atoms in total. The monoisotopic (exact) mass is 351 g/mol. The molecular weight excluding hydrogens is 318 g/mol. The number of hydrogen-bond acceptors (Lipinski definition) is 4. The first-order valence-electron chi connectivity index (χ1n) is 9.29. The lowest BCUT2D eigenvalue weighted by molar-refractivity contribution is 0.187. The van der Waals surface area contributed by atoms with Gasteiger partial charge in [0.25, 0.3) is 0 Å². The van der Waals surface area contributed by atoms with Crippen molar-refractivity contribution in [2.24, 2.45) is 10.9 Å². The van der Waals surface area contributed by atoms with Gasteiger partial charge in [0.1, 0.15) is 0 Å². The van der Waals surface area contributed by atoms with Gasteiger partial charge < -0.3 is 15.5 Å². The molecule has 1 fully saturated rings. The SMILES string of the molecule is CCNC(=NCc1sc(C)nc1C)NCCC1CCN(CC)CC1. The Morgan fingerprint density at radius 2 is 2.00 bits per heavy atom. The molecule has 0 saturated carbocycles. The second kappa shape index (κ2) is 9.99. The summed E-state index contributed by atoms with van der Waals surface area (Å²) in [4.78, 5) is 13.0. The Bertz CT molecular complexity index is 517. The van der Waals surface area contributed by atoms with Crippen LogP contribution in [0.3, 0.4) is 0 Å². The number of guanidine groups is 1. The molecule has 24 heavy (non-hydrogen) atoms. The normalized spacial score (nSPS) is 17.2. The van der Waals surface area contributed by atoms with Gasteiger partial charge in [-0.1, -0.05) is 6.92 Å². The third-order valence-corrected chi connectivity index (χ3v) is 5.78. The summed E-state index contributed by atoms with van der Waals surface area (Å²) in [5.74, 6) is 1.78. The first-order chi connectivity index (χ1) is 11.6. The van der Waals surface area contributed by atoms with Gasteiger partial charge in [0.2, 0.25) is 0 Å². The van der Waals surface area contributed by atoms with Crippen LogP contribution in [0.1, 0.15) is 48.7 Å². The van der Waals surface area contributed by atoms with Crippen molar-refractivity contribution < 1.29 is 0 Å². The number of aryl methyl sites for hydroxylation is 2. The zero-order chi connectivity index (χ0) is 17.4. The van der Waals surface area contributed by atoms with Gasteiger partial charge in [-0.15, -0.1) is 11.3 Å². The smallest absolute Gasteiger partial charge is 0.191 e. The maximum atomic E-state index is 4.72. The van der Waals surface area contributed by atoms with E-state index >= 15 is 0 Å². The van der Waals surface area contributed by atoms with Crippen molar-refractivity contribution in [3.8, 4) is 0 Å². The first-order valence-corrected chi connectivity index (χ1v) is 10.1. The van der Waals surface area contributed by atoms with E-state index in [2.05, 4.69) is 48.2 Å². The Morgan fingerprint density at radius 3 is 2.58 bits per heavy atom. The minimum Gasteiger partial charge on any atom is -0.357 e. The van der Waals surface area contributed by atoms with Crippen molar-refractivity contribution >= 4 is 17.3 Å². The molecule has 136 valence electrons. The van der Waals surface area contributed by atoms with Gasteiger partial charge in [0.05, 0.1) is 17.2 Å². The number of thiazole rings is 1. The van der Waals surface area contributed by atoms with Gasteiger partial charge in [0.15, 0.2) is 5.96 Å². The van der Waals surface area contributed by atoms with Crippen LogP contribution in [0.15, 0.2) is 4.99 Å². The number of piperidine rings is 1. The van der Waals surface area contributed by atoms with Gasteiger partial charge in [0, 0.05) is 18.0 Å². The van der Waals surface area contributed by atoms with Crippen molar-refractivity contribution in [3.05, 3.63) is 15.6 Å². The Balaban J connectivity index is 1.76. The van der Waals surface area contributed by atoms with Crippen LogP contribution in [0.25, 0.3) is 0 Å². The van der Waals surface area contributed by atoms with Crippen molar-refractivity contribution in [2.75, 3.05) is 32.7 Å². The Labute approximate surface area is 151 Å². The van der Waals surface area contributed by atoms with Crippen LogP contribution < -0.4 is 10.6 Å². The minimum atomic E-state index is 0.710. The van der Waals surface area contributed by atoms with E-state index in [1.54, 1.807) is 11.3 Å². The van der Waals surface area contributed by atoms with Gasteiger partial charge in [-0.05, 0) is 65.6 Å². The number of hydrogen-bond donors (Lipinski definition) is 2. The predicted octanol–water partition coefficient (Wildman–Crippen LogP) is 2.94. The van der Waals surface area contributed by atoms with Gasteiger partial charge >= 0.3 is 0 Å². The molecule has 0 bridgehead atoms. The molecule has 1 aromatic heterocycles. The largest absolute Gasteiger partial charge is 0.357 e. The fourth-order valence-corrected chi connectivity index (χ4v) is 4.06. The molecular formula is C18H33N5S. The second-order valence-corrected chi connectivity index (χ2v) is 7.82. The average molecular weight is 352 g/mol. The number of rotatable bonds is 7. The summed E-state index contributed by atoms with van der Waals surface area (Å²) in [7, 11) is 0. The molecule has 1 aromatic rings. The van der Waals surface area contributed by atoms with E-state index in [9.17, 15) is 0 Å². The highest BCUT2D eigenvalue weighted by Crippen LogP contribution is 2.20. The summed E-state index contributed by atoms with van der Waals surface area (Å²) >= 11 is 1.74. The fraction of sp³-hybridized carbons (Fsp3) is 0.778. The minimum absolute atomic E-state index is 0.710. The topological polar surface area (TPSA) is 52.6 Å². The van der Waals surface area contributed by atoms with E-state index in [0.717, 1.165) is 35.7 Å². The maximum Gasteiger partial charge on any atom is 0.191 e. The average Bonchev–Trinajstić information content (AvgIpc) is 2.91. The molecule has 2 heterocycles.